The smallest absolute Gasteiger partial charge is 0.196 e. The van der Waals surface area contributed by atoms with E-state index in [0.29, 0.717) is 11.4 Å². The van der Waals surface area contributed by atoms with Gasteiger partial charge in [0.1, 0.15) is 17.4 Å². The summed E-state index contributed by atoms with van der Waals surface area (Å²) in [6.45, 7) is 2.01. The molecule has 0 aliphatic rings. The van der Waals surface area contributed by atoms with Crippen molar-refractivity contribution < 1.29 is 4.42 Å². The molecule has 0 saturated heterocycles. The van der Waals surface area contributed by atoms with Gasteiger partial charge < -0.3 is 9.73 Å². The van der Waals surface area contributed by atoms with Gasteiger partial charge in [-0.25, -0.2) is 9.97 Å². The third kappa shape index (κ3) is 2.13. The van der Waals surface area contributed by atoms with Crippen molar-refractivity contribution in [2.75, 3.05) is 5.32 Å². The highest BCUT2D eigenvalue weighted by atomic mass is 16.3. The maximum Gasteiger partial charge on any atom is 0.196 e. The number of hydrogen-bond acceptors (Lipinski definition) is 6. The van der Waals surface area contributed by atoms with Crippen LogP contribution in [0.5, 0.6) is 0 Å². The molecule has 5 rings (SSSR count). The number of nitrogens with zero attached hydrogens (tertiary/aromatic N) is 5. The molecule has 122 valence electrons. The first kappa shape index (κ1) is 13.9. The Kier molecular flexibility index (Phi) is 2.93. The van der Waals surface area contributed by atoms with Crippen molar-refractivity contribution in [1.82, 2.24) is 24.6 Å². The molecule has 1 N–H and O–H groups in total. The quantitative estimate of drug-likeness (QED) is 0.544. The Labute approximate surface area is 142 Å². The summed E-state index contributed by atoms with van der Waals surface area (Å²) in [6.07, 6.45) is 3.49. The van der Waals surface area contributed by atoms with Crippen LogP contribution in [0.1, 0.15) is 18.8 Å². The van der Waals surface area contributed by atoms with Crippen LogP contribution in [0.4, 0.5) is 5.82 Å². The number of hydrogen-bond donors (Lipinski definition) is 1. The van der Waals surface area contributed by atoms with E-state index in [-0.39, 0.29) is 6.04 Å². The summed E-state index contributed by atoms with van der Waals surface area (Å²) in [5.41, 5.74) is 3.04. The fourth-order valence-corrected chi connectivity index (χ4v) is 3.05. The summed E-state index contributed by atoms with van der Waals surface area (Å²) in [6, 6.07) is 13.5. The Morgan fingerprint density at radius 2 is 1.92 bits per heavy atom. The molecule has 4 heterocycles. The van der Waals surface area contributed by atoms with Crippen molar-refractivity contribution >= 4 is 33.5 Å². The van der Waals surface area contributed by atoms with E-state index in [1.54, 1.807) is 6.33 Å². The van der Waals surface area contributed by atoms with Gasteiger partial charge in [-0.1, -0.05) is 18.2 Å². The molecule has 7 nitrogen and oxygen atoms in total. The number of aromatic nitrogens is 5. The molecule has 0 fully saturated rings. The standard InChI is InChI=1S/C18H14N6O/c1-11(18-23-22-14-8-4-5-9-24(14)18)21-17-16-15(19-10-20-17)12-6-2-3-7-13(12)25-16/h2-11H,1H3,(H,19,20,21)/t11-/m1/s1. The van der Waals surface area contributed by atoms with Gasteiger partial charge in [0.2, 0.25) is 0 Å². The van der Waals surface area contributed by atoms with Gasteiger partial charge in [-0.2, -0.15) is 0 Å². The highest BCUT2D eigenvalue weighted by Gasteiger charge is 2.18. The van der Waals surface area contributed by atoms with Gasteiger partial charge in [0.25, 0.3) is 0 Å². The van der Waals surface area contributed by atoms with Gasteiger partial charge in [-0.05, 0) is 31.2 Å². The summed E-state index contributed by atoms with van der Waals surface area (Å²) >= 11 is 0. The number of anilines is 1. The number of rotatable bonds is 3. The van der Waals surface area contributed by atoms with Gasteiger partial charge in [0.05, 0.1) is 6.04 Å². The van der Waals surface area contributed by atoms with Crippen molar-refractivity contribution in [3.05, 3.63) is 60.8 Å². The molecular weight excluding hydrogens is 316 g/mol. The maximum atomic E-state index is 5.96. The summed E-state index contributed by atoms with van der Waals surface area (Å²) in [4.78, 5) is 8.73. The predicted octanol–water partition coefficient (Wildman–Crippen LogP) is 3.59. The second-order valence-corrected chi connectivity index (χ2v) is 5.85. The molecule has 0 unspecified atom stereocenters. The van der Waals surface area contributed by atoms with Gasteiger partial charge >= 0.3 is 0 Å². The van der Waals surface area contributed by atoms with Crippen LogP contribution in [0.25, 0.3) is 27.7 Å². The van der Waals surface area contributed by atoms with Crippen LogP contribution >= 0.6 is 0 Å². The first-order valence-corrected chi connectivity index (χ1v) is 8.00. The molecular formula is C18H14N6O. The van der Waals surface area contributed by atoms with Crippen molar-refractivity contribution in [3.8, 4) is 0 Å². The highest BCUT2D eigenvalue weighted by molar-refractivity contribution is 6.05. The number of fused-ring (bicyclic) bond motifs is 4. The van der Waals surface area contributed by atoms with Gasteiger partial charge in [0.15, 0.2) is 22.9 Å². The van der Waals surface area contributed by atoms with E-state index in [2.05, 4.69) is 25.5 Å². The van der Waals surface area contributed by atoms with E-state index in [9.17, 15) is 0 Å². The number of benzene rings is 1. The summed E-state index contributed by atoms with van der Waals surface area (Å²) in [5, 5.41) is 12.8. The van der Waals surface area contributed by atoms with Crippen LogP contribution < -0.4 is 5.32 Å². The maximum absolute atomic E-state index is 5.96. The molecule has 25 heavy (non-hydrogen) atoms. The van der Waals surface area contributed by atoms with Crippen molar-refractivity contribution in [2.24, 2.45) is 0 Å². The predicted molar refractivity (Wildman–Crippen MR) is 94.3 cm³/mol. The van der Waals surface area contributed by atoms with Crippen LogP contribution in [0.3, 0.4) is 0 Å². The summed E-state index contributed by atoms with van der Waals surface area (Å²) in [5.74, 6) is 1.44. The second kappa shape index (κ2) is 5.27. The number of pyridine rings is 1. The molecule has 1 atom stereocenters. The first-order valence-electron chi connectivity index (χ1n) is 8.00. The largest absolute Gasteiger partial charge is 0.450 e. The van der Waals surface area contributed by atoms with E-state index >= 15 is 0 Å². The van der Waals surface area contributed by atoms with Gasteiger partial charge in [0, 0.05) is 11.6 Å². The van der Waals surface area contributed by atoms with Crippen molar-refractivity contribution in [2.45, 2.75) is 13.0 Å². The summed E-state index contributed by atoms with van der Waals surface area (Å²) in [7, 11) is 0. The molecule has 5 aromatic rings. The molecule has 1 aromatic carbocycles. The lowest BCUT2D eigenvalue weighted by atomic mass is 10.2. The van der Waals surface area contributed by atoms with E-state index in [4.69, 9.17) is 4.42 Å². The minimum Gasteiger partial charge on any atom is -0.450 e. The van der Waals surface area contributed by atoms with Gasteiger partial charge in [-0.15, -0.1) is 10.2 Å². The third-order valence-electron chi connectivity index (χ3n) is 4.24. The van der Waals surface area contributed by atoms with E-state index in [1.165, 1.54) is 0 Å². The average Bonchev–Trinajstić information content (AvgIpc) is 3.24. The lowest BCUT2D eigenvalue weighted by molar-refractivity contribution is 0.663. The minimum absolute atomic E-state index is 0.108. The Hall–Kier alpha value is -3.48. The highest BCUT2D eigenvalue weighted by Crippen LogP contribution is 2.31. The zero-order chi connectivity index (χ0) is 16.8. The molecule has 0 aliphatic heterocycles. The molecule has 0 radical (unpaired) electrons. The zero-order valence-corrected chi connectivity index (χ0v) is 13.4. The van der Waals surface area contributed by atoms with Crippen molar-refractivity contribution in [1.29, 1.82) is 0 Å². The third-order valence-corrected chi connectivity index (χ3v) is 4.24. The molecule has 7 heteroatoms. The molecule has 0 saturated carbocycles. The number of furan rings is 1. The topological polar surface area (TPSA) is 81.1 Å². The normalized spacial score (nSPS) is 12.8. The Bertz CT molecular complexity index is 1210. The molecule has 0 amide bonds. The second-order valence-electron chi connectivity index (χ2n) is 5.85. The lowest BCUT2D eigenvalue weighted by Gasteiger charge is -2.12. The van der Waals surface area contributed by atoms with E-state index < -0.39 is 0 Å². The van der Waals surface area contributed by atoms with Crippen LogP contribution in [0.2, 0.25) is 0 Å². The zero-order valence-electron chi connectivity index (χ0n) is 13.4. The summed E-state index contributed by atoms with van der Waals surface area (Å²) < 4.78 is 7.91. The average molecular weight is 330 g/mol. The van der Waals surface area contributed by atoms with Gasteiger partial charge in [-0.3, -0.25) is 4.40 Å². The molecule has 0 aliphatic carbocycles. The molecule has 0 bridgehead atoms. The fourth-order valence-electron chi connectivity index (χ4n) is 3.05. The Balaban J connectivity index is 1.59. The number of para-hydroxylation sites is 1. The van der Waals surface area contributed by atoms with Crippen LogP contribution in [-0.4, -0.2) is 24.6 Å². The Morgan fingerprint density at radius 3 is 2.88 bits per heavy atom. The van der Waals surface area contributed by atoms with Crippen LogP contribution in [-0.2, 0) is 0 Å². The van der Waals surface area contributed by atoms with Crippen LogP contribution in [0, 0.1) is 0 Å². The van der Waals surface area contributed by atoms with E-state index in [1.807, 2.05) is 60.0 Å². The molecule has 4 aromatic heterocycles. The number of nitrogens with one attached hydrogen (secondary N) is 1. The first-order chi connectivity index (χ1) is 12.3. The molecule has 0 spiro atoms. The monoisotopic (exact) mass is 330 g/mol. The van der Waals surface area contributed by atoms with Crippen LogP contribution in [0.15, 0.2) is 59.4 Å². The van der Waals surface area contributed by atoms with E-state index in [0.717, 1.165) is 28.0 Å². The Morgan fingerprint density at radius 1 is 1.04 bits per heavy atom. The van der Waals surface area contributed by atoms with Crippen molar-refractivity contribution in [3.63, 3.8) is 0 Å². The SMILES string of the molecule is C[C@@H](Nc1ncnc2c1oc1ccccc12)c1nnc2ccccn12. The lowest BCUT2D eigenvalue weighted by Crippen LogP contribution is -2.11. The fraction of sp³-hybridized carbons (Fsp3) is 0.111. The minimum atomic E-state index is -0.108.